The van der Waals surface area contributed by atoms with Crippen molar-refractivity contribution in [1.29, 1.82) is 0 Å². The Morgan fingerprint density at radius 3 is 2.65 bits per heavy atom. The van der Waals surface area contributed by atoms with Crippen LogP contribution in [0.25, 0.3) is 0 Å². The molecule has 0 saturated heterocycles. The van der Waals surface area contributed by atoms with Crippen LogP contribution < -0.4 is 5.32 Å². The number of carboxylic acids is 1. The average Bonchev–Trinajstić information content (AvgIpc) is 2.63. The highest BCUT2D eigenvalue weighted by atomic mass is 35.5. The Bertz CT molecular complexity index is 769. The molecule has 6 nitrogen and oxygen atoms in total. The van der Waals surface area contributed by atoms with Crippen LogP contribution in [-0.4, -0.2) is 32.7 Å². The second kappa shape index (κ2) is 10.1. The molecule has 1 aromatic heterocycles. The number of amides is 1. The number of nitrogens with zero attached hydrogens (tertiary/aromatic N) is 2. The Labute approximate surface area is 161 Å². The van der Waals surface area contributed by atoms with Gasteiger partial charge >= 0.3 is 5.97 Å². The molecule has 26 heavy (non-hydrogen) atoms. The molecule has 0 aliphatic rings. The zero-order chi connectivity index (χ0) is 18.9. The van der Waals surface area contributed by atoms with Crippen LogP contribution in [0, 0.1) is 0 Å². The third-order valence-corrected chi connectivity index (χ3v) is 4.80. The van der Waals surface area contributed by atoms with Gasteiger partial charge in [-0.3, -0.25) is 4.79 Å². The summed E-state index contributed by atoms with van der Waals surface area (Å²) in [5.41, 5.74) is 0.188. The van der Waals surface area contributed by atoms with E-state index in [1.807, 2.05) is 0 Å². The summed E-state index contributed by atoms with van der Waals surface area (Å²) < 4.78 is 0. The molecule has 2 aromatic rings. The highest BCUT2D eigenvalue weighted by Crippen LogP contribution is 2.21. The minimum atomic E-state index is -1.18. The van der Waals surface area contributed by atoms with Gasteiger partial charge in [0.25, 0.3) is 5.91 Å². The Kier molecular flexibility index (Phi) is 7.87. The molecule has 0 aliphatic carbocycles. The quantitative estimate of drug-likeness (QED) is 0.471. The van der Waals surface area contributed by atoms with E-state index in [0.717, 1.165) is 17.2 Å². The topological polar surface area (TPSA) is 92.2 Å². The molecule has 2 N–H and O–H groups in total. The fraction of sp³-hybridized carbons (Fsp3) is 0.333. The molecule has 1 aromatic carbocycles. The number of carboxylic acid groups (broad SMARTS) is 1. The smallest absolute Gasteiger partial charge is 0.337 e. The van der Waals surface area contributed by atoms with Gasteiger partial charge < -0.3 is 10.4 Å². The first kappa shape index (κ1) is 20.2. The van der Waals surface area contributed by atoms with E-state index in [1.54, 1.807) is 18.0 Å². The summed E-state index contributed by atoms with van der Waals surface area (Å²) in [6, 6.07) is 4.23. The molecule has 8 heteroatoms. The Hall–Kier alpha value is -2.12. The van der Waals surface area contributed by atoms with E-state index in [0.29, 0.717) is 0 Å². The van der Waals surface area contributed by atoms with E-state index in [2.05, 4.69) is 22.2 Å². The first-order valence-corrected chi connectivity index (χ1v) is 9.66. The number of rotatable bonds is 9. The molecule has 0 unspecified atom stereocenters. The number of anilines is 1. The summed E-state index contributed by atoms with van der Waals surface area (Å²) in [5.74, 6) is -0.738. The predicted octanol–water partition coefficient (Wildman–Crippen LogP) is 4.75. The predicted molar refractivity (Wildman–Crippen MR) is 103 cm³/mol. The molecule has 1 heterocycles. The maximum Gasteiger partial charge on any atom is 0.337 e. The number of unbranched alkanes of at least 4 members (excludes halogenated alkanes) is 3. The Balaban J connectivity index is 1.97. The van der Waals surface area contributed by atoms with Crippen LogP contribution in [0.1, 0.15) is 53.5 Å². The number of carbonyl (C=O) groups is 2. The molecule has 0 spiro atoms. The lowest BCUT2D eigenvalue weighted by Gasteiger charge is -2.08. The van der Waals surface area contributed by atoms with Gasteiger partial charge in [0.05, 0.1) is 23.6 Å². The molecular formula is C18H20ClN3O3S. The van der Waals surface area contributed by atoms with Crippen molar-refractivity contribution in [2.24, 2.45) is 0 Å². The van der Waals surface area contributed by atoms with Gasteiger partial charge in [-0.2, -0.15) is 0 Å². The molecule has 1 amide bonds. The molecule has 0 bridgehead atoms. The number of halogens is 1. The summed E-state index contributed by atoms with van der Waals surface area (Å²) in [4.78, 5) is 31.9. The maximum atomic E-state index is 12.3. The maximum absolute atomic E-state index is 12.3. The van der Waals surface area contributed by atoms with Crippen molar-refractivity contribution in [2.45, 2.75) is 37.6 Å². The van der Waals surface area contributed by atoms with Gasteiger partial charge in [0, 0.05) is 5.02 Å². The molecule has 0 fully saturated rings. The monoisotopic (exact) mass is 393 g/mol. The number of aromatic nitrogens is 2. The van der Waals surface area contributed by atoms with Crippen LogP contribution in [-0.2, 0) is 0 Å². The van der Waals surface area contributed by atoms with Crippen LogP contribution in [0.4, 0.5) is 5.69 Å². The second-order valence-corrected chi connectivity index (χ2v) is 7.15. The Morgan fingerprint density at radius 1 is 1.19 bits per heavy atom. The van der Waals surface area contributed by atoms with Crippen molar-refractivity contribution >= 4 is 40.9 Å². The summed E-state index contributed by atoms with van der Waals surface area (Å²) in [7, 11) is 0. The Morgan fingerprint density at radius 2 is 2.00 bits per heavy atom. The third kappa shape index (κ3) is 6.00. The summed E-state index contributed by atoms with van der Waals surface area (Å²) >= 11 is 7.41. The van der Waals surface area contributed by atoms with Gasteiger partial charge in [0.2, 0.25) is 0 Å². The third-order valence-electron chi connectivity index (χ3n) is 3.57. The van der Waals surface area contributed by atoms with Crippen molar-refractivity contribution in [3.8, 4) is 0 Å². The zero-order valence-electron chi connectivity index (χ0n) is 14.4. The van der Waals surface area contributed by atoms with Crippen LogP contribution in [0.3, 0.4) is 0 Å². The van der Waals surface area contributed by atoms with Crippen LogP contribution >= 0.6 is 23.4 Å². The number of thioether (sulfide) groups is 1. The lowest BCUT2D eigenvalue weighted by atomic mass is 10.1. The lowest BCUT2D eigenvalue weighted by Crippen LogP contribution is -2.16. The normalized spacial score (nSPS) is 10.5. The number of nitrogens with one attached hydrogen (secondary N) is 1. The van der Waals surface area contributed by atoms with E-state index in [1.165, 1.54) is 43.7 Å². The first-order valence-electron chi connectivity index (χ1n) is 8.30. The fourth-order valence-corrected chi connectivity index (χ4v) is 3.19. The molecule has 2 rings (SSSR count). The number of hydrogen-bond acceptors (Lipinski definition) is 5. The number of hydrogen-bond donors (Lipinski definition) is 2. The second-order valence-electron chi connectivity index (χ2n) is 5.60. The summed E-state index contributed by atoms with van der Waals surface area (Å²) in [5, 5.41) is 12.8. The molecule has 138 valence electrons. The standard InChI is InChI=1S/C18H20ClN3O3S/c1-2-3-4-5-8-26-16-11-20-15(10-21-16)17(23)22-14-7-6-12(19)9-13(14)18(24)25/h6-7,9-11H,2-5,8H2,1H3,(H,22,23)(H,24,25). The molecule has 0 atom stereocenters. The average molecular weight is 394 g/mol. The highest BCUT2D eigenvalue weighted by Gasteiger charge is 2.15. The van der Waals surface area contributed by atoms with Crippen molar-refractivity contribution in [2.75, 3.05) is 11.1 Å². The highest BCUT2D eigenvalue weighted by molar-refractivity contribution is 7.99. The molecule has 0 saturated carbocycles. The molecular weight excluding hydrogens is 374 g/mol. The van der Waals surface area contributed by atoms with E-state index in [9.17, 15) is 14.7 Å². The minimum absolute atomic E-state index is 0.0851. The lowest BCUT2D eigenvalue weighted by molar-refractivity contribution is 0.0698. The van der Waals surface area contributed by atoms with E-state index in [4.69, 9.17) is 11.6 Å². The van der Waals surface area contributed by atoms with Crippen LogP contribution in [0.2, 0.25) is 5.02 Å². The van der Waals surface area contributed by atoms with Gasteiger partial charge in [-0.15, -0.1) is 11.8 Å². The summed E-state index contributed by atoms with van der Waals surface area (Å²) in [6.45, 7) is 2.17. The van der Waals surface area contributed by atoms with Gasteiger partial charge in [-0.05, 0) is 30.4 Å². The van der Waals surface area contributed by atoms with Gasteiger partial charge in [0.1, 0.15) is 10.7 Å². The first-order chi connectivity index (χ1) is 12.5. The van der Waals surface area contributed by atoms with Crippen molar-refractivity contribution < 1.29 is 14.7 Å². The molecule has 0 radical (unpaired) electrons. The van der Waals surface area contributed by atoms with Crippen molar-refractivity contribution in [3.63, 3.8) is 0 Å². The van der Waals surface area contributed by atoms with Gasteiger partial charge in [0.15, 0.2) is 0 Å². The van der Waals surface area contributed by atoms with E-state index < -0.39 is 11.9 Å². The van der Waals surface area contributed by atoms with E-state index in [-0.39, 0.29) is 22.0 Å². The number of benzene rings is 1. The summed E-state index contributed by atoms with van der Waals surface area (Å²) in [6.07, 6.45) is 7.70. The number of aromatic carboxylic acids is 1. The largest absolute Gasteiger partial charge is 0.478 e. The minimum Gasteiger partial charge on any atom is -0.478 e. The van der Waals surface area contributed by atoms with E-state index >= 15 is 0 Å². The van der Waals surface area contributed by atoms with Gasteiger partial charge in [-0.25, -0.2) is 14.8 Å². The zero-order valence-corrected chi connectivity index (χ0v) is 15.9. The van der Waals surface area contributed by atoms with Crippen molar-refractivity contribution in [1.82, 2.24) is 9.97 Å². The fourth-order valence-electron chi connectivity index (χ4n) is 2.20. The molecule has 0 aliphatic heterocycles. The van der Waals surface area contributed by atoms with Crippen molar-refractivity contribution in [3.05, 3.63) is 46.9 Å². The van der Waals surface area contributed by atoms with Crippen LogP contribution in [0.15, 0.2) is 35.6 Å². The van der Waals surface area contributed by atoms with Gasteiger partial charge in [-0.1, -0.05) is 37.8 Å². The number of carbonyl (C=O) groups excluding carboxylic acids is 1. The SMILES string of the molecule is CCCCCCSc1cnc(C(=O)Nc2ccc(Cl)cc2C(=O)O)cn1. The van der Waals surface area contributed by atoms with Crippen LogP contribution in [0.5, 0.6) is 0 Å².